The highest BCUT2D eigenvalue weighted by molar-refractivity contribution is 9.11. The second-order valence-electron chi connectivity index (χ2n) is 5.75. The number of amides is 1. The molecular weight excluding hydrogens is 420 g/mol. The first kappa shape index (κ1) is 19.0. The Labute approximate surface area is 164 Å². The Morgan fingerprint density at radius 1 is 1.27 bits per heavy atom. The lowest BCUT2D eigenvalue weighted by Gasteiger charge is -2.25. The van der Waals surface area contributed by atoms with Crippen LogP contribution < -0.4 is 5.32 Å². The summed E-state index contributed by atoms with van der Waals surface area (Å²) in [6.45, 7) is 2.97. The second-order valence-corrected chi connectivity index (χ2v) is 8.09. The van der Waals surface area contributed by atoms with Gasteiger partial charge in [-0.3, -0.25) is 9.69 Å². The average molecular weight is 439 g/mol. The summed E-state index contributed by atoms with van der Waals surface area (Å²) in [7, 11) is 1.34. The molecule has 0 radical (unpaired) electrons. The normalized spacial score (nSPS) is 14.8. The number of carbonyl (C=O) groups excluding carboxylic acids is 2. The van der Waals surface area contributed by atoms with Crippen LogP contribution in [-0.4, -0.2) is 56.7 Å². The molecule has 8 heteroatoms. The molecule has 6 nitrogen and oxygen atoms in total. The first-order valence-electron chi connectivity index (χ1n) is 8.16. The third-order valence-corrected chi connectivity index (χ3v) is 5.82. The molecule has 1 aromatic heterocycles. The van der Waals surface area contributed by atoms with Crippen molar-refractivity contribution in [2.45, 2.75) is 0 Å². The van der Waals surface area contributed by atoms with Crippen LogP contribution in [0.2, 0.25) is 0 Å². The zero-order chi connectivity index (χ0) is 18.5. The van der Waals surface area contributed by atoms with Crippen LogP contribution in [0, 0.1) is 0 Å². The molecule has 138 valence electrons. The summed E-state index contributed by atoms with van der Waals surface area (Å²) in [6, 6.07) is 9.54. The number of nitrogens with one attached hydrogen (secondary N) is 1. The third-order valence-electron chi connectivity index (χ3n) is 4.04. The fourth-order valence-corrected chi connectivity index (χ4v) is 4.65. The minimum Gasteiger partial charge on any atom is -0.465 e. The highest BCUT2D eigenvalue weighted by Crippen LogP contribution is 2.44. The van der Waals surface area contributed by atoms with Gasteiger partial charge in [0, 0.05) is 18.7 Å². The molecule has 1 aliphatic heterocycles. The number of carbonyl (C=O) groups is 2. The maximum atomic E-state index is 12.4. The second kappa shape index (κ2) is 8.77. The highest BCUT2D eigenvalue weighted by Gasteiger charge is 2.26. The zero-order valence-electron chi connectivity index (χ0n) is 14.3. The number of esters is 1. The summed E-state index contributed by atoms with van der Waals surface area (Å²) in [4.78, 5) is 26.9. The predicted molar refractivity (Wildman–Crippen MR) is 105 cm³/mol. The third kappa shape index (κ3) is 4.32. The molecule has 0 aliphatic carbocycles. The molecule has 0 atom stereocenters. The van der Waals surface area contributed by atoms with E-state index < -0.39 is 5.97 Å². The maximum absolute atomic E-state index is 12.4. The van der Waals surface area contributed by atoms with Gasteiger partial charge in [0.05, 0.1) is 30.7 Å². The van der Waals surface area contributed by atoms with E-state index in [4.69, 9.17) is 9.47 Å². The SMILES string of the molecule is COC(=O)c1c(NC(=O)CN2CCOCC2)sc(Br)c1-c1ccccc1. The largest absolute Gasteiger partial charge is 0.465 e. The Kier molecular flexibility index (Phi) is 6.42. The summed E-state index contributed by atoms with van der Waals surface area (Å²) in [5.41, 5.74) is 1.97. The number of anilines is 1. The van der Waals surface area contributed by atoms with Crippen LogP contribution in [-0.2, 0) is 14.3 Å². The molecule has 2 heterocycles. The lowest BCUT2D eigenvalue weighted by atomic mass is 10.0. The summed E-state index contributed by atoms with van der Waals surface area (Å²) in [5.74, 6) is -0.641. The number of hydrogen-bond donors (Lipinski definition) is 1. The van der Waals surface area contributed by atoms with Crippen molar-refractivity contribution in [3.8, 4) is 11.1 Å². The van der Waals surface area contributed by atoms with Gasteiger partial charge in [-0.2, -0.15) is 0 Å². The van der Waals surface area contributed by atoms with Crippen LogP contribution in [0.15, 0.2) is 34.1 Å². The van der Waals surface area contributed by atoms with E-state index in [1.807, 2.05) is 35.2 Å². The van der Waals surface area contributed by atoms with Crippen LogP contribution in [0.1, 0.15) is 10.4 Å². The number of morpholine rings is 1. The zero-order valence-corrected chi connectivity index (χ0v) is 16.7. The van der Waals surface area contributed by atoms with Crippen molar-refractivity contribution in [3.63, 3.8) is 0 Å². The van der Waals surface area contributed by atoms with Crippen molar-refractivity contribution >= 4 is 44.1 Å². The molecule has 3 rings (SSSR count). The van der Waals surface area contributed by atoms with E-state index in [2.05, 4.69) is 21.2 Å². The Morgan fingerprint density at radius 2 is 1.96 bits per heavy atom. The molecule has 1 fully saturated rings. The summed E-state index contributed by atoms with van der Waals surface area (Å²) in [6.07, 6.45) is 0. The molecule has 26 heavy (non-hydrogen) atoms. The Balaban J connectivity index is 1.87. The summed E-state index contributed by atoms with van der Waals surface area (Å²) < 4.78 is 11.0. The van der Waals surface area contributed by atoms with Crippen molar-refractivity contribution < 1.29 is 19.1 Å². The van der Waals surface area contributed by atoms with E-state index in [0.29, 0.717) is 23.8 Å². The summed E-state index contributed by atoms with van der Waals surface area (Å²) >= 11 is 4.83. The Morgan fingerprint density at radius 3 is 2.62 bits per heavy atom. The standard InChI is InChI=1S/C18H19BrN2O4S/c1-24-18(23)15-14(12-5-3-2-4-6-12)16(19)26-17(15)20-13(22)11-21-7-9-25-10-8-21/h2-6H,7-11H2,1H3,(H,20,22). The number of nitrogens with zero attached hydrogens (tertiary/aromatic N) is 1. The van der Waals surface area contributed by atoms with Crippen molar-refractivity contribution in [2.75, 3.05) is 45.3 Å². The van der Waals surface area contributed by atoms with Gasteiger partial charge in [0.2, 0.25) is 5.91 Å². The van der Waals surface area contributed by atoms with Gasteiger partial charge in [-0.15, -0.1) is 11.3 Å². The molecule has 1 amide bonds. The smallest absolute Gasteiger partial charge is 0.341 e. The van der Waals surface area contributed by atoms with Crippen molar-refractivity contribution in [1.29, 1.82) is 0 Å². The molecule has 1 aromatic carbocycles. The average Bonchev–Trinajstić information content (AvgIpc) is 2.98. The van der Waals surface area contributed by atoms with Gasteiger partial charge < -0.3 is 14.8 Å². The van der Waals surface area contributed by atoms with Crippen LogP contribution in [0.5, 0.6) is 0 Å². The number of thiophene rings is 1. The summed E-state index contributed by atoms with van der Waals surface area (Å²) in [5, 5.41) is 3.36. The highest BCUT2D eigenvalue weighted by atomic mass is 79.9. The first-order chi connectivity index (χ1) is 12.6. The van der Waals surface area contributed by atoms with Gasteiger partial charge in [-0.05, 0) is 21.5 Å². The van der Waals surface area contributed by atoms with E-state index in [9.17, 15) is 9.59 Å². The van der Waals surface area contributed by atoms with Gasteiger partial charge in [0.1, 0.15) is 10.6 Å². The van der Waals surface area contributed by atoms with Crippen LogP contribution in [0.25, 0.3) is 11.1 Å². The lowest BCUT2D eigenvalue weighted by Crippen LogP contribution is -2.41. The van der Waals surface area contributed by atoms with Gasteiger partial charge in [0.25, 0.3) is 0 Å². The number of rotatable bonds is 5. The molecule has 1 aliphatic rings. The molecule has 1 N–H and O–H groups in total. The van der Waals surface area contributed by atoms with Gasteiger partial charge >= 0.3 is 5.97 Å². The van der Waals surface area contributed by atoms with Crippen molar-refractivity contribution in [2.24, 2.45) is 0 Å². The topological polar surface area (TPSA) is 67.9 Å². The molecule has 0 bridgehead atoms. The lowest BCUT2D eigenvalue weighted by molar-refractivity contribution is -0.118. The van der Waals surface area contributed by atoms with Gasteiger partial charge in [-0.25, -0.2) is 4.79 Å². The van der Waals surface area contributed by atoms with E-state index in [0.717, 1.165) is 28.0 Å². The number of hydrogen-bond acceptors (Lipinski definition) is 6. The van der Waals surface area contributed by atoms with Gasteiger partial charge in [-0.1, -0.05) is 30.3 Å². The fourth-order valence-electron chi connectivity index (χ4n) is 2.78. The molecule has 2 aromatic rings. The van der Waals surface area contributed by atoms with Crippen molar-refractivity contribution in [1.82, 2.24) is 4.90 Å². The monoisotopic (exact) mass is 438 g/mol. The number of methoxy groups -OCH3 is 1. The molecular formula is C18H19BrN2O4S. The van der Waals surface area contributed by atoms with E-state index in [1.165, 1.54) is 18.4 Å². The Bertz CT molecular complexity index is 788. The number of benzene rings is 1. The minimum atomic E-state index is -0.479. The van der Waals surface area contributed by atoms with Crippen LogP contribution >= 0.6 is 27.3 Å². The molecule has 0 spiro atoms. The maximum Gasteiger partial charge on any atom is 0.341 e. The molecule has 1 saturated heterocycles. The van der Waals surface area contributed by atoms with Crippen LogP contribution in [0.3, 0.4) is 0 Å². The van der Waals surface area contributed by atoms with E-state index >= 15 is 0 Å². The fraction of sp³-hybridized carbons (Fsp3) is 0.333. The predicted octanol–water partition coefficient (Wildman–Crippen LogP) is 3.23. The van der Waals surface area contributed by atoms with Crippen molar-refractivity contribution in [3.05, 3.63) is 39.7 Å². The minimum absolute atomic E-state index is 0.162. The number of ether oxygens (including phenoxy) is 2. The molecule has 0 saturated carbocycles. The van der Waals surface area contributed by atoms with Crippen LogP contribution in [0.4, 0.5) is 5.00 Å². The molecule has 0 unspecified atom stereocenters. The Hall–Kier alpha value is -1.74. The van der Waals surface area contributed by atoms with E-state index in [1.54, 1.807) is 0 Å². The quantitative estimate of drug-likeness (QED) is 0.725. The van der Waals surface area contributed by atoms with Gasteiger partial charge in [0.15, 0.2) is 0 Å². The number of halogens is 1. The van der Waals surface area contributed by atoms with E-state index in [-0.39, 0.29) is 12.5 Å². The first-order valence-corrected chi connectivity index (χ1v) is 9.77.